The molecule has 2 heterocycles. The summed E-state index contributed by atoms with van der Waals surface area (Å²) in [5.74, 6) is -0.607. The lowest BCUT2D eigenvalue weighted by molar-refractivity contribution is -0.156. The highest BCUT2D eigenvalue weighted by Gasteiger charge is 2.58. The molecule has 0 spiro atoms. The van der Waals surface area contributed by atoms with E-state index in [9.17, 15) is 14.7 Å². The van der Waals surface area contributed by atoms with Gasteiger partial charge in [0.2, 0.25) is 5.91 Å². The highest BCUT2D eigenvalue weighted by Crippen LogP contribution is 2.49. The lowest BCUT2D eigenvalue weighted by Crippen LogP contribution is -2.50. The van der Waals surface area contributed by atoms with E-state index in [1.807, 2.05) is 36.4 Å². The van der Waals surface area contributed by atoms with Gasteiger partial charge in [-0.15, -0.1) is 0 Å². The van der Waals surface area contributed by atoms with Crippen molar-refractivity contribution < 1.29 is 24.2 Å². The second-order valence-electron chi connectivity index (χ2n) is 14.8. The summed E-state index contributed by atoms with van der Waals surface area (Å²) < 4.78 is 11.7. The van der Waals surface area contributed by atoms with E-state index in [1.54, 1.807) is 12.0 Å². The lowest BCUT2D eigenvalue weighted by atomic mass is 9.72. The van der Waals surface area contributed by atoms with Crippen molar-refractivity contribution in [1.82, 2.24) is 10.2 Å². The van der Waals surface area contributed by atoms with Gasteiger partial charge in [-0.3, -0.25) is 4.79 Å². The van der Waals surface area contributed by atoms with Gasteiger partial charge >= 0.3 is 5.97 Å². The molecule has 0 aromatic heterocycles. The Morgan fingerprint density at radius 1 is 1.07 bits per heavy atom. The molecule has 2 saturated heterocycles. The van der Waals surface area contributed by atoms with Crippen LogP contribution in [0.4, 0.5) is 0 Å². The first kappa shape index (κ1) is 33.0. The number of carbonyl (C=O) groups is 2. The number of nitrogens with zero attached hydrogens (tertiary/aromatic N) is 1. The molecule has 7 heteroatoms. The number of amides is 1. The average Bonchev–Trinajstić information content (AvgIpc) is 3.31. The molecule has 2 N–H and O–H groups in total. The predicted molar refractivity (Wildman–Crippen MR) is 170 cm³/mol. The van der Waals surface area contributed by atoms with Gasteiger partial charge in [0.1, 0.15) is 11.8 Å². The molecule has 0 radical (unpaired) electrons. The number of rotatable bonds is 8. The standard InChI is InChI=1S/C36H52N2O5/c1-22(2)28-20-24(17-18-43-28)33(39)38-31(23-13-11-10-12-14-23)30(29(36(6,7)8)32(38)34(40)41)37-21-25-19-26(35(3,4)5)15-16-27(25)42-9/h10-16,19,22,24,28-32,37H,17-18,20-21H2,1-9H3,(H,40,41)/t24?,28?,29-,30-,31-,32-/m0/s1. The maximum Gasteiger partial charge on any atom is 0.326 e. The van der Waals surface area contributed by atoms with Crippen molar-refractivity contribution in [3.63, 3.8) is 0 Å². The molecule has 2 aliphatic rings. The molecule has 1 amide bonds. The monoisotopic (exact) mass is 592 g/mol. The molecule has 4 rings (SSSR count). The zero-order valence-corrected chi connectivity index (χ0v) is 27.5. The van der Waals surface area contributed by atoms with Gasteiger partial charge in [0.25, 0.3) is 0 Å². The van der Waals surface area contributed by atoms with Crippen LogP contribution in [-0.4, -0.2) is 53.8 Å². The van der Waals surface area contributed by atoms with E-state index in [2.05, 4.69) is 72.8 Å². The van der Waals surface area contributed by atoms with Crippen molar-refractivity contribution in [2.45, 2.75) is 104 Å². The van der Waals surface area contributed by atoms with Crippen molar-refractivity contribution in [1.29, 1.82) is 0 Å². The maximum absolute atomic E-state index is 14.6. The number of aliphatic carboxylic acids is 1. The number of ether oxygens (including phenoxy) is 2. The highest BCUT2D eigenvalue weighted by atomic mass is 16.5. The van der Waals surface area contributed by atoms with E-state index in [4.69, 9.17) is 9.47 Å². The molecule has 236 valence electrons. The summed E-state index contributed by atoms with van der Waals surface area (Å²) in [6.45, 7) is 18.0. The third kappa shape index (κ3) is 7.09. The van der Waals surface area contributed by atoms with Gasteiger partial charge in [0.05, 0.1) is 19.3 Å². The molecule has 2 fully saturated rings. The summed E-state index contributed by atoms with van der Waals surface area (Å²) in [5.41, 5.74) is 2.70. The number of hydrogen-bond acceptors (Lipinski definition) is 5. The van der Waals surface area contributed by atoms with Crippen molar-refractivity contribution in [3.05, 3.63) is 65.2 Å². The van der Waals surface area contributed by atoms with Crippen LogP contribution in [0.25, 0.3) is 0 Å². The molecule has 2 aromatic carbocycles. The number of carboxylic acid groups (broad SMARTS) is 1. The third-order valence-electron chi connectivity index (χ3n) is 9.40. The molecule has 0 bridgehead atoms. The van der Waals surface area contributed by atoms with E-state index < -0.39 is 23.5 Å². The SMILES string of the molecule is COc1ccc(C(C)(C)C)cc1CN[C@H]1[C@H](C(C)(C)C)[C@@H](C(=O)O)N(C(=O)C2CCOC(C(C)C)C2)[C@H]1c1ccccc1. The van der Waals surface area contributed by atoms with Crippen LogP contribution in [0.15, 0.2) is 48.5 Å². The minimum absolute atomic E-state index is 0.0151. The van der Waals surface area contributed by atoms with Gasteiger partial charge in [-0.2, -0.15) is 0 Å². The second-order valence-corrected chi connectivity index (χ2v) is 14.8. The minimum Gasteiger partial charge on any atom is -0.496 e. The summed E-state index contributed by atoms with van der Waals surface area (Å²) in [4.78, 5) is 29.5. The summed E-state index contributed by atoms with van der Waals surface area (Å²) >= 11 is 0. The molecule has 2 aromatic rings. The van der Waals surface area contributed by atoms with E-state index in [0.717, 1.165) is 16.9 Å². The zero-order valence-electron chi connectivity index (χ0n) is 27.5. The fourth-order valence-corrected chi connectivity index (χ4v) is 7.07. The van der Waals surface area contributed by atoms with Crippen molar-refractivity contribution in [3.8, 4) is 5.75 Å². The summed E-state index contributed by atoms with van der Waals surface area (Å²) in [6.07, 6.45) is 1.19. The topological polar surface area (TPSA) is 88.1 Å². The Morgan fingerprint density at radius 2 is 1.74 bits per heavy atom. The Bertz CT molecular complexity index is 1260. The van der Waals surface area contributed by atoms with Crippen LogP contribution in [0, 0.1) is 23.2 Å². The predicted octanol–water partition coefficient (Wildman–Crippen LogP) is 6.60. The van der Waals surface area contributed by atoms with E-state index >= 15 is 0 Å². The van der Waals surface area contributed by atoms with Crippen molar-refractivity contribution >= 4 is 11.9 Å². The molecule has 7 nitrogen and oxygen atoms in total. The first-order chi connectivity index (χ1) is 20.1. The Hall–Kier alpha value is -2.90. The normalized spacial score (nSPS) is 26.5. The molecule has 2 aliphatic heterocycles. The molecular weight excluding hydrogens is 540 g/mol. The quantitative estimate of drug-likeness (QED) is 0.359. The number of carboxylic acids is 1. The largest absolute Gasteiger partial charge is 0.496 e. The van der Waals surface area contributed by atoms with Gasteiger partial charge in [-0.05, 0) is 46.8 Å². The summed E-state index contributed by atoms with van der Waals surface area (Å²) in [5, 5.41) is 14.6. The van der Waals surface area contributed by atoms with Crippen LogP contribution >= 0.6 is 0 Å². The highest BCUT2D eigenvalue weighted by molar-refractivity contribution is 5.87. The van der Waals surface area contributed by atoms with Gasteiger partial charge in [-0.25, -0.2) is 4.79 Å². The van der Waals surface area contributed by atoms with Crippen LogP contribution in [0.2, 0.25) is 0 Å². The number of carbonyl (C=O) groups excluding carboxylic acids is 1. The van der Waals surface area contributed by atoms with Gasteiger partial charge in [-0.1, -0.05) is 97.9 Å². The third-order valence-corrected chi connectivity index (χ3v) is 9.40. The van der Waals surface area contributed by atoms with Crippen LogP contribution in [0.1, 0.15) is 91.0 Å². The van der Waals surface area contributed by atoms with Crippen LogP contribution < -0.4 is 10.1 Å². The van der Waals surface area contributed by atoms with Gasteiger partial charge in [0.15, 0.2) is 0 Å². The molecule has 0 aliphatic carbocycles. The van der Waals surface area contributed by atoms with E-state index in [-0.39, 0.29) is 41.2 Å². The number of hydrogen-bond donors (Lipinski definition) is 2. The number of benzene rings is 2. The zero-order chi connectivity index (χ0) is 31.7. The van der Waals surface area contributed by atoms with Gasteiger partial charge < -0.3 is 24.8 Å². The molecular formula is C36H52N2O5. The fourth-order valence-electron chi connectivity index (χ4n) is 7.07. The molecule has 6 atom stereocenters. The molecule has 2 unspecified atom stereocenters. The number of likely N-dealkylation sites (tertiary alicyclic amines) is 1. The van der Waals surface area contributed by atoms with Crippen molar-refractivity contribution in [2.75, 3.05) is 13.7 Å². The average molecular weight is 593 g/mol. The Morgan fingerprint density at radius 3 is 2.30 bits per heavy atom. The fraction of sp³-hybridized carbons (Fsp3) is 0.611. The number of nitrogens with one attached hydrogen (secondary N) is 1. The van der Waals surface area contributed by atoms with E-state index in [0.29, 0.717) is 26.0 Å². The van der Waals surface area contributed by atoms with Crippen LogP contribution in [0.5, 0.6) is 5.75 Å². The number of methoxy groups -OCH3 is 1. The van der Waals surface area contributed by atoms with E-state index in [1.165, 1.54) is 5.56 Å². The maximum atomic E-state index is 14.6. The van der Waals surface area contributed by atoms with Crippen LogP contribution in [-0.2, 0) is 26.3 Å². The Kier molecular flexibility index (Phi) is 9.97. The van der Waals surface area contributed by atoms with Crippen molar-refractivity contribution in [2.24, 2.45) is 23.2 Å². The molecule has 43 heavy (non-hydrogen) atoms. The minimum atomic E-state index is -0.974. The Balaban J connectivity index is 1.81. The smallest absolute Gasteiger partial charge is 0.326 e. The lowest BCUT2D eigenvalue weighted by Gasteiger charge is -2.37. The summed E-state index contributed by atoms with van der Waals surface area (Å²) in [7, 11) is 1.68. The first-order valence-electron chi connectivity index (χ1n) is 15.8. The van der Waals surface area contributed by atoms with Gasteiger partial charge in [0, 0.05) is 36.6 Å². The van der Waals surface area contributed by atoms with Crippen LogP contribution in [0.3, 0.4) is 0 Å². The Labute approximate surface area is 258 Å². The molecule has 0 saturated carbocycles. The summed E-state index contributed by atoms with van der Waals surface area (Å²) in [6, 6.07) is 14.5. The second kappa shape index (κ2) is 13.0. The first-order valence-corrected chi connectivity index (χ1v) is 15.8.